The highest BCUT2D eigenvalue weighted by molar-refractivity contribution is 5.22. The summed E-state index contributed by atoms with van der Waals surface area (Å²) in [6, 6.07) is 8.73. The molecule has 16 heavy (non-hydrogen) atoms. The van der Waals surface area contributed by atoms with Crippen molar-refractivity contribution >= 4 is 0 Å². The van der Waals surface area contributed by atoms with Crippen LogP contribution in [0.2, 0.25) is 0 Å². The second-order valence-electron chi connectivity index (χ2n) is 4.99. The summed E-state index contributed by atoms with van der Waals surface area (Å²) < 4.78 is 0. The summed E-state index contributed by atoms with van der Waals surface area (Å²) in [5.41, 5.74) is 2.71. The zero-order valence-corrected chi connectivity index (χ0v) is 10.7. The third-order valence-electron chi connectivity index (χ3n) is 2.94. The molecular weight excluding hydrogens is 196 g/mol. The molecule has 1 heteroatoms. The van der Waals surface area contributed by atoms with Gasteiger partial charge in [0.25, 0.3) is 0 Å². The first-order chi connectivity index (χ1) is 7.61. The van der Waals surface area contributed by atoms with Gasteiger partial charge >= 0.3 is 0 Å². The highest BCUT2D eigenvalue weighted by Gasteiger charge is 2.06. The molecule has 0 radical (unpaired) electrons. The first kappa shape index (κ1) is 13.2. The van der Waals surface area contributed by atoms with Crippen LogP contribution in [-0.4, -0.2) is 11.2 Å². The SMILES string of the molecule is CCc1ccc(CCC(O)CC(C)C)cc1. The quantitative estimate of drug-likeness (QED) is 0.776. The summed E-state index contributed by atoms with van der Waals surface area (Å²) in [6.45, 7) is 6.47. The van der Waals surface area contributed by atoms with E-state index in [1.54, 1.807) is 0 Å². The van der Waals surface area contributed by atoms with E-state index in [9.17, 15) is 5.11 Å². The van der Waals surface area contributed by atoms with Gasteiger partial charge in [0.2, 0.25) is 0 Å². The number of hydrogen-bond donors (Lipinski definition) is 1. The zero-order valence-electron chi connectivity index (χ0n) is 10.7. The molecule has 1 atom stereocenters. The van der Waals surface area contributed by atoms with Crippen molar-refractivity contribution in [3.05, 3.63) is 35.4 Å². The number of benzene rings is 1. The molecule has 0 aromatic heterocycles. The smallest absolute Gasteiger partial charge is 0.0545 e. The summed E-state index contributed by atoms with van der Waals surface area (Å²) in [7, 11) is 0. The van der Waals surface area contributed by atoms with Crippen molar-refractivity contribution in [2.45, 2.75) is 52.6 Å². The molecular formula is C15H24O. The van der Waals surface area contributed by atoms with Crippen LogP contribution in [0.4, 0.5) is 0 Å². The van der Waals surface area contributed by atoms with Crippen LogP contribution >= 0.6 is 0 Å². The summed E-state index contributed by atoms with van der Waals surface area (Å²) >= 11 is 0. The lowest BCUT2D eigenvalue weighted by Crippen LogP contribution is -2.11. The molecule has 1 rings (SSSR count). The second kappa shape index (κ2) is 6.70. The van der Waals surface area contributed by atoms with Crippen LogP contribution in [0.5, 0.6) is 0 Å². The Kier molecular flexibility index (Phi) is 5.54. The molecule has 1 aromatic rings. The van der Waals surface area contributed by atoms with Gasteiger partial charge in [0.1, 0.15) is 0 Å². The van der Waals surface area contributed by atoms with Crippen molar-refractivity contribution in [1.29, 1.82) is 0 Å². The predicted molar refractivity (Wildman–Crippen MR) is 69.6 cm³/mol. The third-order valence-corrected chi connectivity index (χ3v) is 2.94. The summed E-state index contributed by atoms with van der Waals surface area (Å²) in [6.07, 6.45) is 3.72. The highest BCUT2D eigenvalue weighted by atomic mass is 16.3. The highest BCUT2D eigenvalue weighted by Crippen LogP contribution is 2.12. The van der Waals surface area contributed by atoms with Crippen molar-refractivity contribution in [3.63, 3.8) is 0 Å². The van der Waals surface area contributed by atoms with E-state index in [0.717, 1.165) is 25.7 Å². The van der Waals surface area contributed by atoms with Gasteiger partial charge in [-0.15, -0.1) is 0 Å². The van der Waals surface area contributed by atoms with Crippen molar-refractivity contribution in [2.24, 2.45) is 5.92 Å². The average molecular weight is 220 g/mol. The van der Waals surface area contributed by atoms with E-state index in [1.807, 2.05) is 0 Å². The largest absolute Gasteiger partial charge is 0.393 e. The molecule has 0 aliphatic carbocycles. The van der Waals surface area contributed by atoms with Gasteiger partial charge in [-0.1, -0.05) is 45.0 Å². The minimum Gasteiger partial charge on any atom is -0.393 e. The Morgan fingerprint density at radius 2 is 1.62 bits per heavy atom. The van der Waals surface area contributed by atoms with Crippen molar-refractivity contribution in [1.82, 2.24) is 0 Å². The zero-order chi connectivity index (χ0) is 12.0. The molecule has 0 fully saturated rings. The van der Waals surface area contributed by atoms with Gasteiger partial charge in [-0.2, -0.15) is 0 Å². The second-order valence-corrected chi connectivity index (χ2v) is 4.99. The van der Waals surface area contributed by atoms with E-state index in [0.29, 0.717) is 5.92 Å². The lowest BCUT2D eigenvalue weighted by molar-refractivity contribution is 0.140. The normalized spacial score (nSPS) is 13.1. The molecule has 1 unspecified atom stereocenters. The van der Waals surface area contributed by atoms with Crippen LogP contribution in [0.25, 0.3) is 0 Å². The van der Waals surface area contributed by atoms with Gasteiger partial charge in [-0.05, 0) is 42.7 Å². The lowest BCUT2D eigenvalue weighted by Gasteiger charge is -2.12. The number of hydrogen-bond acceptors (Lipinski definition) is 1. The summed E-state index contributed by atoms with van der Waals surface area (Å²) in [5, 5.41) is 9.78. The Morgan fingerprint density at radius 1 is 1.06 bits per heavy atom. The van der Waals surface area contributed by atoms with Crippen molar-refractivity contribution in [2.75, 3.05) is 0 Å². The van der Waals surface area contributed by atoms with Crippen LogP contribution in [0.3, 0.4) is 0 Å². The Labute approximate surface area is 99.5 Å². The molecule has 1 N–H and O–H groups in total. The molecule has 90 valence electrons. The summed E-state index contributed by atoms with van der Waals surface area (Å²) in [5.74, 6) is 0.581. The fourth-order valence-corrected chi connectivity index (χ4v) is 1.94. The molecule has 0 aliphatic heterocycles. The van der Waals surface area contributed by atoms with Crippen LogP contribution in [0.15, 0.2) is 24.3 Å². The molecule has 0 bridgehead atoms. The molecule has 0 saturated heterocycles. The van der Waals surface area contributed by atoms with E-state index < -0.39 is 0 Å². The van der Waals surface area contributed by atoms with E-state index >= 15 is 0 Å². The minimum atomic E-state index is -0.147. The van der Waals surface area contributed by atoms with Crippen LogP contribution in [0, 0.1) is 5.92 Å². The average Bonchev–Trinajstić information content (AvgIpc) is 2.26. The first-order valence-electron chi connectivity index (χ1n) is 6.37. The van der Waals surface area contributed by atoms with Gasteiger partial charge in [0.15, 0.2) is 0 Å². The standard InChI is InChI=1S/C15H24O/c1-4-13-5-7-14(8-6-13)9-10-15(16)11-12(2)3/h5-8,12,15-16H,4,9-11H2,1-3H3. The van der Waals surface area contributed by atoms with Crippen molar-refractivity contribution in [3.8, 4) is 0 Å². The molecule has 1 aromatic carbocycles. The molecule has 0 saturated carbocycles. The monoisotopic (exact) mass is 220 g/mol. The number of rotatable bonds is 6. The molecule has 0 aliphatic rings. The molecule has 0 heterocycles. The Morgan fingerprint density at radius 3 is 2.12 bits per heavy atom. The topological polar surface area (TPSA) is 20.2 Å². The maximum Gasteiger partial charge on any atom is 0.0545 e. The molecule has 1 nitrogen and oxygen atoms in total. The minimum absolute atomic E-state index is 0.147. The Hall–Kier alpha value is -0.820. The van der Waals surface area contributed by atoms with E-state index in [4.69, 9.17) is 0 Å². The maximum absolute atomic E-state index is 9.78. The first-order valence-corrected chi connectivity index (χ1v) is 6.37. The number of aliphatic hydroxyl groups is 1. The van der Waals surface area contributed by atoms with E-state index in [1.165, 1.54) is 11.1 Å². The fourth-order valence-electron chi connectivity index (χ4n) is 1.94. The number of aliphatic hydroxyl groups excluding tert-OH is 1. The van der Waals surface area contributed by atoms with Gasteiger partial charge in [-0.3, -0.25) is 0 Å². The van der Waals surface area contributed by atoms with Crippen LogP contribution in [0.1, 0.15) is 44.7 Å². The third kappa shape index (κ3) is 4.80. The van der Waals surface area contributed by atoms with Crippen LogP contribution < -0.4 is 0 Å². The van der Waals surface area contributed by atoms with Gasteiger partial charge < -0.3 is 5.11 Å². The maximum atomic E-state index is 9.78. The van der Waals surface area contributed by atoms with Gasteiger partial charge in [0.05, 0.1) is 6.10 Å². The van der Waals surface area contributed by atoms with Crippen molar-refractivity contribution < 1.29 is 5.11 Å². The Bertz CT molecular complexity index is 287. The predicted octanol–water partition coefficient (Wildman–Crippen LogP) is 3.59. The molecule has 0 spiro atoms. The van der Waals surface area contributed by atoms with Crippen LogP contribution in [-0.2, 0) is 12.8 Å². The lowest BCUT2D eigenvalue weighted by atomic mass is 9.99. The van der Waals surface area contributed by atoms with E-state index in [-0.39, 0.29) is 6.10 Å². The van der Waals surface area contributed by atoms with E-state index in [2.05, 4.69) is 45.0 Å². The molecule has 0 amide bonds. The Balaban J connectivity index is 2.36. The summed E-state index contributed by atoms with van der Waals surface area (Å²) in [4.78, 5) is 0. The fraction of sp³-hybridized carbons (Fsp3) is 0.600. The van der Waals surface area contributed by atoms with Gasteiger partial charge in [0, 0.05) is 0 Å². The van der Waals surface area contributed by atoms with Gasteiger partial charge in [-0.25, -0.2) is 0 Å². The number of aryl methyl sites for hydroxylation is 2.